The van der Waals surface area contributed by atoms with Gasteiger partial charge in [0.2, 0.25) is 16.9 Å². The van der Waals surface area contributed by atoms with Gasteiger partial charge in [0.25, 0.3) is 0 Å². The Bertz CT molecular complexity index is 1040. The van der Waals surface area contributed by atoms with Crippen LogP contribution in [0.3, 0.4) is 0 Å². The van der Waals surface area contributed by atoms with Crippen LogP contribution in [0.25, 0.3) is 0 Å². The van der Waals surface area contributed by atoms with E-state index in [9.17, 15) is 9.59 Å². The summed E-state index contributed by atoms with van der Waals surface area (Å²) in [6.07, 6.45) is 1.87. The second-order valence-electron chi connectivity index (χ2n) is 7.28. The summed E-state index contributed by atoms with van der Waals surface area (Å²) in [6.45, 7) is 5.46. The van der Waals surface area contributed by atoms with Gasteiger partial charge in [-0.2, -0.15) is 0 Å². The fraction of sp³-hybridized carbons (Fsp3) is 0.304. The lowest BCUT2D eigenvalue weighted by Gasteiger charge is -2.20. The van der Waals surface area contributed by atoms with Crippen LogP contribution in [0.1, 0.15) is 45.2 Å². The van der Waals surface area contributed by atoms with Crippen molar-refractivity contribution < 1.29 is 9.59 Å². The smallest absolute Gasteiger partial charge is 0.233 e. The van der Waals surface area contributed by atoms with Gasteiger partial charge in [-0.15, -0.1) is 10.2 Å². The highest BCUT2D eigenvalue weighted by atomic mass is 32.2. The minimum absolute atomic E-state index is 0.000661. The first-order valence-electron chi connectivity index (χ1n) is 10.4. The summed E-state index contributed by atoms with van der Waals surface area (Å²) in [6, 6.07) is 17.4. The van der Waals surface area contributed by atoms with E-state index >= 15 is 0 Å². The van der Waals surface area contributed by atoms with Gasteiger partial charge in [-0.25, -0.2) is 0 Å². The number of hydrogen-bond donors (Lipinski definition) is 3. The molecule has 0 radical (unpaired) electrons. The molecular formula is C23H27N5O2S2. The lowest BCUT2D eigenvalue weighted by atomic mass is 10.0. The Kier molecular flexibility index (Phi) is 8.64. The number of thioether (sulfide) groups is 1. The van der Waals surface area contributed by atoms with Gasteiger partial charge in [-0.05, 0) is 37.1 Å². The molecule has 168 valence electrons. The van der Waals surface area contributed by atoms with Gasteiger partial charge < -0.3 is 16.0 Å². The molecule has 3 aromatic rings. The quantitative estimate of drug-likeness (QED) is 0.345. The van der Waals surface area contributed by atoms with E-state index in [0.29, 0.717) is 15.2 Å². The molecule has 0 bridgehead atoms. The molecule has 1 aromatic heterocycles. The van der Waals surface area contributed by atoms with Crippen LogP contribution in [0.15, 0.2) is 58.9 Å². The van der Waals surface area contributed by atoms with E-state index in [1.165, 1.54) is 30.0 Å². The van der Waals surface area contributed by atoms with Gasteiger partial charge in [-0.1, -0.05) is 72.8 Å². The average Bonchev–Trinajstić information content (AvgIpc) is 3.20. The number of carbonyl (C=O) groups is 2. The molecule has 0 aliphatic rings. The number of amides is 2. The first kappa shape index (κ1) is 23.7. The zero-order valence-electron chi connectivity index (χ0n) is 18.3. The molecule has 0 aliphatic heterocycles. The number of aromatic nitrogens is 2. The largest absolute Gasteiger partial charge is 0.348 e. The van der Waals surface area contributed by atoms with Gasteiger partial charge in [0.1, 0.15) is 0 Å². The predicted molar refractivity (Wildman–Crippen MR) is 131 cm³/mol. The van der Waals surface area contributed by atoms with Crippen LogP contribution < -0.4 is 16.0 Å². The topological polar surface area (TPSA) is 96.0 Å². The molecule has 2 atom stereocenters. The third-order valence-electron chi connectivity index (χ3n) is 4.58. The summed E-state index contributed by atoms with van der Waals surface area (Å²) < 4.78 is 0.708. The lowest BCUT2D eigenvalue weighted by molar-refractivity contribution is -0.121. The van der Waals surface area contributed by atoms with Gasteiger partial charge >= 0.3 is 0 Å². The van der Waals surface area contributed by atoms with Crippen LogP contribution in [0.2, 0.25) is 0 Å². The van der Waals surface area contributed by atoms with Crippen LogP contribution in [-0.4, -0.2) is 27.3 Å². The third-order valence-corrected chi connectivity index (χ3v) is 6.61. The van der Waals surface area contributed by atoms with E-state index in [4.69, 9.17) is 0 Å². The van der Waals surface area contributed by atoms with E-state index < -0.39 is 0 Å². The number of carbonyl (C=O) groups excluding carboxylic acids is 2. The first-order chi connectivity index (χ1) is 15.4. The Morgan fingerprint density at radius 2 is 1.81 bits per heavy atom. The predicted octanol–water partition coefficient (Wildman–Crippen LogP) is 5.38. The number of anilines is 3. The van der Waals surface area contributed by atoms with Crippen LogP contribution in [0.5, 0.6) is 0 Å². The highest BCUT2D eigenvalue weighted by molar-refractivity contribution is 8.02. The summed E-state index contributed by atoms with van der Waals surface area (Å²) in [4.78, 5) is 24.0. The lowest BCUT2D eigenvalue weighted by Crippen LogP contribution is -2.34. The minimum Gasteiger partial charge on any atom is -0.348 e. The molecular weight excluding hydrogens is 442 g/mol. The van der Waals surface area contributed by atoms with Crippen molar-refractivity contribution in [3.05, 3.63) is 60.2 Å². The number of nitrogens with zero attached hydrogens (tertiary/aromatic N) is 2. The minimum atomic E-state index is -0.304. The number of hydrogen-bond acceptors (Lipinski definition) is 7. The number of rotatable bonds is 10. The highest BCUT2D eigenvalue weighted by Gasteiger charge is 2.21. The van der Waals surface area contributed by atoms with Crippen LogP contribution in [-0.2, 0) is 9.59 Å². The maximum Gasteiger partial charge on any atom is 0.233 e. The van der Waals surface area contributed by atoms with Crippen molar-refractivity contribution in [3.63, 3.8) is 0 Å². The van der Waals surface area contributed by atoms with E-state index in [-0.39, 0.29) is 23.1 Å². The normalized spacial score (nSPS) is 12.6. The molecule has 0 aliphatic carbocycles. The van der Waals surface area contributed by atoms with Crippen molar-refractivity contribution in [2.24, 2.45) is 0 Å². The van der Waals surface area contributed by atoms with Crippen molar-refractivity contribution >= 4 is 51.4 Å². The second-order valence-corrected chi connectivity index (χ2v) is 9.85. The average molecular weight is 470 g/mol. The molecule has 3 rings (SSSR count). The monoisotopic (exact) mass is 469 g/mol. The third kappa shape index (κ3) is 7.06. The van der Waals surface area contributed by atoms with Crippen molar-refractivity contribution in [2.45, 2.75) is 49.2 Å². The number of benzene rings is 2. The highest BCUT2D eigenvalue weighted by Crippen LogP contribution is 2.31. The van der Waals surface area contributed by atoms with E-state index in [1.807, 2.05) is 61.5 Å². The SMILES string of the molecule is CCCC(NC(=O)C(C)Sc1nnc(Nc2cccc(NC(C)=O)c2)s1)c1ccccc1. The summed E-state index contributed by atoms with van der Waals surface area (Å²) in [7, 11) is 0. The molecule has 0 saturated heterocycles. The van der Waals surface area contributed by atoms with E-state index in [1.54, 1.807) is 0 Å². The molecule has 2 aromatic carbocycles. The Labute approximate surface area is 196 Å². The maximum atomic E-state index is 12.8. The zero-order chi connectivity index (χ0) is 22.9. The number of nitrogens with one attached hydrogen (secondary N) is 3. The standard InChI is InChI=1S/C23H27N5O2S2/c1-4-9-20(17-10-6-5-7-11-17)26-21(30)15(2)31-23-28-27-22(32-23)25-19-13-8-12-18(14-19)24-16(3)29/h5-8,10-15,20H,4,9H2,1-3H3,(H,24,29)(H,25,27)(H,26,30). The first-order valence-corrected chi connectivity index (χ1v) is 12.1. The van der Waals surface area contributed by atoms with Crippen LogP contribution in [0, 0.1) is 0 Å². The van der Waals surface area contributed by atoms with Gasteiger partial charge in [0.05, 0.1) is 11.3 Å². The van der Waals surface area contributed by atoms with E-state index in [2.05, 4.69) is 33.1 Å². The Morgan fingerprint density at radius 1 is 1.06 bits per heavy atom. The van der Waals surface area contributed by atoms with Crippen molar-refractivity contribution in [1.29, 1.82) is 0 Å². The van der Waals surface area contributed by atoms with Crippen LogP contribution in [0.4, 0.5) is 16.5 Å². The molecule has 9 heteroatoms. The molecule has 0 saturated carbocycles. The zero-order valence-corrected chi connectivity index (χ0v) is 19.9. The molecule has 0 spiro atoms. The molecule has 2 amide bonds. The molecule has 1 heterocycles. The van der Waals surface area contributed by atoms with Gasteiger partial charge in [-0.3, -0.25) is 9.59 Å². The molecule has 2 unspecified atom stereocenters. The van der Waals surface area contributed by atoms with Crippen molar-refractivity contribution in [1.82, 2.24) is 15.5 Å². The molecule has 7 nitrogen and oxygen atoms in total. The van der Waals surface area contributed by atoms with Crippen molar-refractivity contribution in [2.75, 3.05) is 10.6 Å². The second kappa shape index (κ2) is 11.6. The van der Waals surface area contributed by atoms with E-state index in [0.717, 1.165) is 24.1 Å². The summed E-state index contributed by atoms with van der Waals surface area (Å²) in [5, 5.41) is 17.8. The Hall–Kier alpha value is -2.91. The van der Waals surface area contributed by atoms with Gasteiger partial charge in [0, 0.05) is 18.3 Å². The van der Waals surface area contributed by atoms with Crippen LogP contribution >= 0.6 is 23.1 Å². The summed E-state index contributed by atoms with van der Waals surface area (Å²) in [5.41, 5.74) is 2.61. The summed E-state index contributed by atoms with van der Waals surface area (Å²) in [5.74, 6) is -0.150. The Balaban J connectivity index is 1.58. The summed E-state index contributed by atoms with van der Waals surface area (Å²) >= 11 is 2.77. The fourth-order valence-corrected chi connectivity index (χ4v) is 5.02. The molecule has 32 heavy (non-hydrogen) atoms. The van der Waals surface area contributed by atoms with Crippen molar-refractivity contribution in [3.8, 4) is 0 Å². The fourth-order valence-electron chi connectivity index (χ4n) is 3.10. The maximum absolute atomic E-state index is 12.8. The van der Waals surface area contributed by atoms with Gasteiger partial charge in [0.15, 0.2) is 4.34 Å². The Morgan fingerprint density at radius 3 is 2.53 bits per heavy atom. The molecule has 0 fully saturated rings. The molecule has 3 N–H and O–H groups in total.